The summed E-state index contributed by atoms with van der Waals surface area (Å²) in [7, 11) is 1.34. The molecule has 1 aliphatic rings. The number of aromatic nitrogens is 2. The van der Waals surface area contributed by atoms with Crippen molar-refractivity contribution < 1.29 is 19.1 Å². The highest BCUT2D eigenvalue weighted by atomic mass is 16.5. The molecular weight excluding hydrogens is 420 g/mol. The fourth-order valence-corrected chi connectivity index (χ4v) is 4.14. The zero-order valence-corrected chi connectivity index (χ0v) is 19.3. The summed E-state index contributed by atoms with van der Waals surface area (Å²) in [4.78, 5) is 30.6. The van der Waals surface area contributed by atoms with Crippen molar-refractivity contribution >= 4 is 34.3 Å². The molecule has 8 heteroatoms. The van der Waals surface area contributed by atoms with Gasteiger partial charge in [-0.25, -0.2) is 9.78 Å². The monoisotopic (exact) mass is 450 g/mol. The second-order valence-electron chi connectivity index (χ2n) is 8.55. The SMILES string of the molecule is COC(=O)c1c(NC(=O)[C@H]2CCOC2)c2cc(NC(C)C)cnc2n1CCc1ccccc1. The molecule has 1 amide bonds. The number of aryl methyl sites for hydroxylation is 2. The Balaban J connectivity index is 1.80. The predicted molar refractivity (Wildman–Crippen MR) is 128 cm³/mol. The lowest BCUT2D eigenvalue weighted by atomic mass is 10.1. The Morgan fingerprint density at radius 3 is 2.73 bits per heavy atom. The third kappa shape index (κ3) is 5.01. The summed E-state index contributed by atoms with van der Waals surface area (Å²) in [6.07, 6.45) is 3.11. The highest BCUT2D eigenvalue weighted by molar-refractivity contribution is 6.11. The van der Waals surface area contributed by atoms with Gasteiger partial charge in [-0.05, 0) is 38.3 Å². The van der Waals surface area contributed by atoms with E-state index >= 15 is 0 Å². The molecule has 0 radical (unpaired) electrons. The molecule has 0 unspecified atom stereocenters. The lowest BCUT2D eigenvalue weighted by molar-refractivity contribution is -0.119. The molecule has 2 aromatic heterocycles. The van der Waals surface area contributed by atoms with E-state index in [0.717, 1.165) is 11.3 Å². The van der Waals surface area contributed by atoms with Gasteiger partial charge in [-0.2, -0.15) is 0 Å². The zero-order chi connectivity index (χ0) is 23.4. The van der Waals surface area contributed by atoms with E-state index in [2.05, 4.69) is 15.6 Å². The van der Waals surface area contributed by atoms with Crippen LogP contribution in [0.15, 0.2) is 42.6 Å². The normalized spacial score (nSPS) is 15.7. The van der Waals surface area contributed by atoms with Crippen molar-refractivity contribution in [2.24, 2.45) is 5.92 Å². The number of carbonyl (C=O) groups excluding carboxylic acids is 2. The maximum absolute atomic E-state index is 13.0. The van der Waals surface area contributed by atoms with E-state index in [-0.39, 0.29) is 17.9 Å². The highest BCUT2D eigenvalue weighted by Crippen LogP contribution is 2.34. The van der Waals surface area contributed by atoms with Crippen LogP contribution in [-0.4, -0.2) is 47.8 Å². The first kappa shape index (κ1) is 22.8. The molecule has 1 saturated heterocycles. The molecule has 2 N–H and O–H groups in total. The number of hydrogen-bond acceptors (Lipinski definition) is 6. The number of benzene rings is 1. The molecule has 4 rings (SSSR count). The molecule has 0 aliphatic carbocycles. The van der Waals surface area contributed by atoms with Crippen LogP contribution in [0, 0.1) is 5.92 Å². The van der Waals surface area contributed by atoms with Crippen molar-refractivity contribution in [2.45, 2.75) is 39.3 Å². The first-order chi connectivity index (χ1) is 16.0. The maximum atomic E-state index is 13.0. The minimum absolute atomic E-state index is 0.165. The number of ether oxygens (including phenoxy) is 2. The van der Waals surface area contributed by atoms with Gasteiger partial charge in [0, 0.05) is 24.6 Å². The van der Waals surface area contributed by atoms with Crippen molar-refractivity contribution in [3.8, 4) is 0 Å². The van der Waals surface area contributed by atoms with E-state index in [9.17, 15) is 9.59 Å². The van der Waals surface area contributed by atoms with Gasteiger partial charge in [-0.15, -0.1) is 0 Å². The summed E-state index contributed by atoms with van der Waals surface area (Å²) in [6.45, 7) is 5.53. The highest BCUT2D eigenvalue weighted by Gasteiger charge is 2.29. The van der Waals surface area contributed by atoms with Crippen LogP contribution >= 0.6 is 0 Å². The predicted octanol–water partition coefficient (Wildman–Crippen LogP) is 3.86. The van der Waals surface area contributed by atoms with E-state index in [0.29, 0.717) is 55.0 Å². The van der Waals surface area contributed by atoms with Crippen molar-refractivity contribution in [3.05, 3.63) is 53.9 Å². The van der Waals surface area contributed by atoms with E-state index in [1.54, 1.807) is 6.20 Å². The number of anilines is 2. The molecule has 3 heterocycles. The Hall–Kier alpha value is -3.39. The Kier molecular flexibility index (Phi) is 6.93. The first-order valence-electron chi connectivity index (χ1n) is 11.3. The number of pyridine rings is 1. The number of carbonyl (C=O) groups is 2. The van der Waals surface area contributed by atoms with Crippen LogP contribution in [0.4, 0.5) is 11.4 Å². The van der Waals surface area contributed by atoms with E-state index in [4.69, 9.17) is 9.47 Å². The van der Waals surface area contributed by atoms with Gasteiger partial charge < -0.3 is 24.7 Å². The number of rotatable bonds is 8. The van der Waals surface area contributed by atoms with Crippen LogP contribution in [0.25, 0.3) is 11.0 Å². The minimum Gasteiger partial charge on any atom is -0.464 e. The van der Waals surface area contributed by atoms with Gasteiger partial charge in [0.05, 0.1) is 37.2 Å². The fraction of sp³-hybridized carbons (Fsp3) is 0.400. The molecule has 1 atom stereocenters. The van der Waals surface area contributed by atoms with Gasteiger partial charge in [-0.1, -0.05) is 30.3 Å². The second kappa shape index (κ2) is 10.0. The fourth-order valence-electron chi connectivity index (χ4n) is 4.14. The Bertz CT molecular complexity index is 1130. The third-order valence-electron chi connectivity index (χ3n) is 5.75. The zero-order valence-electron chi connectivity index (χ0n) is 19.3. The Morgan fingerprint density at radius 1 is 1.27 bits per heavy atom. The molecule has 0 bridgehead atoms. The molecule has 1 fully saturated rings. The van der Waals surface area contributed by atoms with Gasteiger partial charge in [0.15, 0.2) is 5.69 Å². The molecule has 1 aromatic carbocycles. The average molecular weight is 451 g/mol. The molecule has 3 aromatic rings. The van der Waals surface area contributed by atoms with E-state index in [1.807, 2.05) is 54.8 Å². The Morgan fingerprint density at radius 2 is 2.06 bits per heavy atom. The molecule has 1 aliphatic heterocycles. The maximum Gasteiger partial charge on any atom is 0.356 e. The average Bonchev–Trinajstić information content (AvgIpc) is 3.45. The van der Waals surface area contributed by atoms with Crippen LogP contribution in [0.3, 0.4) is 0 Å². The summed E-state index contributed by atoms with van der Waals surface area (Å²) in [5.74, 6) is -0.928. The number of esters is 1. The molecule has 174 valence electrons. The van der Waals surface area contributed by atoms with E-state index < -0.39 is 5.97 Å². The first-order valence-corrected chi connectivity index (χ1v) is 11.3. The van der Waals surface area contributed by atoms with Crippen LogP contribution in [0.2, 0.25) is 0 Å². The van der Waals surface area contributed by atoms with Crippen molar-refractivity contribution in [2.75, 3.05) is 31.0 Å². The number of fused-ring (bicyclic) bond motifs is 1. The van der Waals surface area contributed by atoms with Crippen LogP contribution in [-0.2, 0) is 27.2 Å². The van der Waals surface area contributed by atoms with Gasteiger partial charge in [-0.3, -0.25) is 4.79 Å². The largest absolute Gasteiger partial charge is 0.464 e. The van der Waals surface area contributed by atoms with Gasteiger partial charge >= 0.3 is 5.97 Å². The number of nitrogens with one attached hydrogen (secondary N) is 2. The summed E-state index contributed by atoms with van der Waals surface area (Å²) in [5.41, 5.74) is 3.31. The summed E-state index contributed by atoms with van der Waals surface area (Å²) in [6, 6.07) is 12.2. The minimum atomic E-state index is -0.516. The van der Waals surface area contributed by atoms with Crippen molar-refractivity contribution in [3.63, 3.8) is 0 Å². The summed E-state index contributed by atoms with van der Waals surface area (Å²) < 4.78 is 12.3. The third-order valence-corrected chi connectivity index (χ3v) is 5.75. The van der Waals surface area contributed by atoms with Crippen LogP contribution in [0.5, 0.6) is 0 Å². The van der Waals surface area contributed by atoms with Gasteiger partial charge in [0.2, 0.25) is 5.91 Å². The molecule has 33 heavy (non-hydrogen) atoms. The van der Waals surface area contributed by atoms with Crippen molar-refractivity contribution in [1.82, 2.24) is 9.55 Å². The summed E-state index contributed by atoms with van der Waals surface area (Å²) >= 11 is 0. The second-order valence-corrected chi connectivity index (χ2v) is 8.55. The van der Waals surface area contributed by atoms with Gasteiger partial charge in [0.25, 0.3) is 0 Å². The molecule has 0 saturated carbocycles. The summed E-state index contributed by atoms with van der Waals surface area (Å²) in [5, 5.41) is 7.04. The standard InChI is InChI=1S/C25H30N4O4/c1-16(2)27-19-13-20-21(28-24(30)18-10-12-33-15-18)22(25(31)32-3)29(23(20)26-14-19)11-9-17-7-5-4-6-8-17/h4-8,13-14,16,18,27H,9-12,15H2,1-3H3,(H,28,30)/t18-/m0/s1. The quantitative estimate of drug-likeness (QED) is 0.506. The molecule has 0 spiro atoms. The van der Waals surface area contributed by atoms with Gasteiger partial charge in [0.1, 0.15) is 5.65 Å². The molecule has 8 nitrogen and oxygen atoms in total. The lowest BCUT2D eigenvalue weighted by Crippen LogP contribution is -2.24. The van der Waals surface area contributed by atoms with E-state index in [1.165, 1.54) is 7.11 Å². The smallest absolute Gasteiger partial charge is 0.356 e. The molecular formula is C25H30N4O4. The van der Waals surface area contributed by atoms with Crippen molar-refractivity contribution in [1.29, 1.82) is 0 Å². The Labute approximate surface area is 193 Å². The number of hydrogen-bond donors (Lipinski definition) is 2. The lowest BCUT2D eigenvalue weighted by Gasteiger charge is -2.12. The number of amides is 1. The number of methoxy groups -OCH3 is 1. The van der Waals surface area contributed by atoms with Crippen LogP contribution in [0.1, 0.15) is 36.3 Å². The number of nitrogens with zero attached hydrogens (tertiary/aromatic N) is 2. The van der Waals surface area contributed by atoms with Crippen LogP contribution < -0.4 is 10.6 Å². The topological polar surface area (TPSA) is 94.5 Å².